The summed E-state index contributed by atoms with van der Waals surface area (Å²) in [5.74, 6) is 0.407. The van der Waals surface area contributed by atoms with Crippen LogP contribution in [0.25, 0.3) is 0 Å². The average molecular weight is 353 g/mol. The molecule has 2 saturated heterocycles. The van der Waals surface area contributed by atoms with Gasteiger partial charge in [-0.05, 0) is 36.5 Å². The van der Waals surface area contributed by atoms with Gasteiger partial charge in [0.05, 0.1) is 4.90 Å². The van der Waals surface area contributed by atoms with Crippen molar-refractivity contribution in [3.8, 4) is 0 Å². The minimum atomic E-state index is -3.38. The van der Waals surface area contributed by atoms with Gasteiger partial charge in [-0.25, -0.2) is 8.42 Å². The fourth-order valence-electron chi connectivity index (χ4n) is 3.53. The van der Waals surface area contributed by atoms with Crippen LogP contribution < -0.4 is 0 Å². The lowest BCUT2D eigenvalue weighted by Crippen LogP contribution is -2.52. The quantitative estimate of drug-likeness (QED) is 0.834. The highest BCUT2D eigenvalue weighted by Crippen LogP contribution is 2.23. The van der Waals surface area contributed by atoms with E-state index in [-0.39, 0.29) is 0 Å². The first-order valence-electron chi connectivity index (χ1n) is 8.90. The molecule has 1 aromatic carbocycles. The summed E-state index contributed by atoms with van der Waals surface area (Å²) in [5, 5.41) is 0. The normalized spacial score (nSPS) is 22.1. The second-order valence-corrected chi connectivity index (χ2v) is 8.95. The molecule has 3 rings (SSSR count). The molecule has 2 aliphatic heterocycles. The number of nitrogens with zero attached hydrogens (tertiary/aromatic N) is 2. The average Bonchev–Trinajstić information content (AvgIpc) is 2.62. The number of sulfonamides is 1. The molecule has 2 fully saturated rings. The molecule has 0 N–H and O–H groups in total. The van der Waals surface area contributed by atoms with Crippen LogP contribution in [-0.2, 0) is 14.8 Å². The zero-order chi connectivity index (χ0) is 17.2. The van der Waals surface area contributed by atoms with E-state index in [0.29, 0.717) is 29.9 Å². The molecule has 0 unspecified atom stereocenters. The van der Waals surface area contributed by atoms with Crippen LogP contribution in [-0.4, -0.2) is 63.1 Å². The van der Waals surface area contributed by atoms with Gasteiger partial charge in [-0.1, -0.05) is 26.0 Å². The maximum absolute atomic E-state index is 12.8. The Labute approximate surface area is 145 Å². The highest BCUT2D eigenvalue weighted by Gasteiger charge is 2.31. The molecule has 0 aromatic heterocycles. The number of hydrogen-bond donors (Lipinski definition) is 0. The fraction of sp³-hybridized carbons (Fsp3) is 0.667. The Bertz CT molecular complexity index is 629. The van der Waals surface area contributed by atoms with Crippen molar-refractivity contribution < 1.29 is 13.2 Å². The van der Waals surface area contributed by atoms with E-state index in [9.17, 15) is 8.42 Å². The molecule has 0 aliphatic carbocycles. The third-order valence-corrected chi connectivity index (χ3v) is 7.08. The third kappa shape index (κ3) is 3.82. The van der Waals surface area contributed by atoms with Crippen molar-refractivity contribution in [2.24, 2.45) is 0 Å². The van der Waals surface area contributed by atoms with Gasteiger partial charge in [-0.2, -0.15) is 4.31 Å². The van der Waals surface area contributed by atoms with Crippen LogP contribution in [0.3, 0.4) is 0 Å². The maximum Gasteiger partial charge on any atom is 0.243 e. The molecule has 0 bridgehead atoms. The maximum atomic E-state index is 12.8. The largest absolute Gasteiger partial charge is 0.381 e. The zero-order valence-corrected chi connectivity index (χ0v) is 15.5. The first kappa shape index (κ1) is 17.9. The molecule has 134 valence electrons. The minimum absolute atomic E-state index is 0.407. The van der Waals surface area contributed by atoms with Crippen molar-refractivity contribution in [2.75, 3.05) is 39.4 Å². The van der Waals surface area contributed by atoms with Crippen molar-refractivity contribution in [1.29, 1.82) is 0 Å². The van der Waals surface area contributed by atoms with Crippen LogP contribution in [0.4, 0.5) is 0 Å². The number of ether oxygens (including phenoxy) is 1. The highest BCUT2D eigenvalue weighted by molar-refractivity contribution is 7.89. The van der Waals surface area contributed by atoms with Gasteiger partial charge in [0.25, 0.3) is 0 Å². The summed E-state index contributed by atoms with van der Waals surface area (Å²) >= 11 is 0. The minimum Gasteiger partial charge on any atom is -0.381 e. The molecule has 24 heavy (non-hydrogen) atoms. The molecule has 0 atom stereocenters. The van der Waals surface area contributed by atoms with Crippen LogP contribution in [0.5, 0.6) is 0 Å². The van der Waals surface area contributed by atoms with Gasteiger partial charge < -0.3 is 4.74 Å². The molecule has 6 heteroatoms. The zero-order valence-electron chi connectivity index (χ0n) is 14.6. The summed E-state index contributed by atoms with van der Waals surface area (Å²) in [6, 6.07) is 7.89. The Balaban J connectivity index is 1.64. The van der Waals surface area contributed by atoms with Crippen LogP contribution in [0.1, 0.15) is 38.2 Å². The summed E-state index contributed by atoms with van der Waals surface area (Å²) in [5.41, 5.74) is 1.17. The molecule has 2 aliphatic rings. The molecular weight excluding hydrogens is 324 g/mol. The van der Waals surface area contributed by atoms with Crippen LogP contribution >= 0.6 is 0 Å². The first-order valence-corrected chi connectivity index (χ1v) is 10.3. The first-order chi connectivity index (χ1) is 11.5. The van der Waals surface area contributed by atoms with E-state index < -0.39 is 10.0 Å². The van der Waals surface area contributed by atoms with Gasteiger partial charge in [0.2, 0.25) is 10.0 Å². The Morgan fingerprint density at radius 2 is 1.58 bits per heavy atom. The fourth-order valence-corrected chi connectivity index (χ4v) is 4.96. The van der Waals surface area contributed by atoms with E-state index >= 15 is 0 Å². The van der Waals surface area contributed by atoms with E-state index in [0.717, 1.165) is 39.1 Å². The molecule has 1 aromatic rings. The Kier molecular flexibility index (Phi) is 5.59. The lowest BCUT2D eigenvalue weighted by molar-refractivity contribution is 0.0229. The summed E-state index contributed by atoms with van der Waals surface area (Å²) in [6.45, 7) is 8.65. The summed E-state index contributed by atoms with van der Waals surface area (Å²) in [4.78, 5) is 2.84. The van der Waals surface area contributed by atoms with Crippen LogP contribution in [0, 0.1) is 0 Å². The molecular formula is C18H28N2O3S. The molecule has 2 heterocycles. The predicted octanol–water partition coefficient (Wildman–Crippen LogP) is 2.30. The van der Waals surface area contributed by atoms with E-state index in [1.165, 1.54) is 5.56 Å². The van der Waals surface area contributed by atoms with Gasteiger partial charge >= 0.3 is 0 Å². The van der Waals surface area contributed by atoms with Crippen molar-refractivity contribution >= 4 is 10.0 Å². The second-order valence-electron chi connectivity index (χ2n) is 7.01. The molecule has 0 saturated carbocycles. The summed E-state index contributed by atoms with van der Waals surface area (Å²) in [7, 11) is -3.38. The Morgan fingerprint density at radius 3 is 2.12 bits per heavy atom. The monoisotopic (exact) mass is 352 g/mol. The highest BCUT2D eigenvalue weighted by atomic mass is 32.2. The van der Waals surface area contributed by atoms with Gasteiger partial charge in [0, 0.05) is 45.4 Å². The number of benzene rings is 1. The SMILES string of the molecule is CC(C)c1ccc(S(=O)(=O)N2CCN(C3CCOCC3)CC2)cc1. The van der Waals surface area contributed by atoms with E-state index in [1.54, 1.807) is 16.4 Å². The predicted molar refractivity (Wildman–Crippen MR) is 94.7 cm³/mol. The smallest absolute Gasteiger partial charge is 0.243 e. The second kappa shape index (κ2) is 7.52. The van der Waals surface area contributed by atoms with Crippen molar-refractivity contribution in [3.05, 3.63) is 29.8 Å². The number of piperazine rings is 1. The van der Waals surface area contributed by atoms with E-state index in [4.69, 9.17) is 4.74 Å². The van der Waals surface area contributed by atoms with Gasteiger partial charge in [0.15, 0.2) is 0 Å². The Morgan fingerprint density at radius 1 is 1.00 bits per heavy atom. The molecule has 0 amide bonds. The van der Waals surface area contributed by atoms with E-state index in [1.807, 2.05) is 12.1 Å². The van der Waals surface area contributed by atoms with E-state index in [2.05, 4.69) is 18.7 Å². The Hall–Kier alpha value is -0.950. The van der Waals surface area contributed by atoms with Crippen molar-refractivity contribution in [1.82, 2.24) is 9.21 Å². The van der Waals surface area contributed by atoms with Crippen molar-refractivity contribution in [3.63, 3.8) is 0 Å². The van der Waals surface area contributed by atoms with Crippen LogP contribution in [0.15, 0.2) is 29.2 Å². The molecule has 0 radical (unpaired) electrons. The number of rotatable bonds is 4. The summed E-state index contributed by atoms with van der Waals surface area (Å²) in [6.07, 6.45) is 2.12. The lowest BCUT2D eigenvalue weighted by atomic mass is 10.0. The van der Waals surface area contributed by atoms with Crippen LogP contribution in [0.2, 0.25) is 0 Å². The topological polar surface area (TPSA) is 49.9 Å². The summed E-state index contributed by atoms with van der Waals surface area (Å²) < 4.78 is 32.7. The third-order valence-electron chi connectivity index (χ3n) is 5.16. The van der Waals surface area contributed by atoms with Gasteiger partial charge in [-0.3, -0.25) is 4.90 Å². The number of hydrogen-bond acceptors (Lipinski definition) is 4. The van der Waals surface area contributed by atoms with Gasteiger partial charge in [0.1, 0.15) is 0 Å². The lowest BCUT2D eigenvalue weighted by Gasteiger charge is -2.40. The van der Waals surface area contributed by atoms with Crippen molar-refractivity contribution in [2.45, 2.75) is 43.5 Å². The molecule has 5 nitrogen and oxygen atoms in total. The van der Waals surface area contributed by atoms with Gasteiger partial charge in [-0.15, -0.1) is 0 Å². The molecule has 0 spiro atoms. The standard InChI is InChI=1S/C18H28N2O3S/c1-15(2)16-3-5-18(6-4-16)24(21,22)20-11-9-19(10-12-20)17-7-13-23-14-8-17/h3-6,15,17H,7-14H2,1-2H3.